The zero-order valence-electron chi connectivity index (χ0n) is 59.1. The minimum Gasteiger partial charge on any atom is -0.497 e. The molecule has 0 unspecified atom stereocenters. The number of benzene rings is 1. The van der Waals surface area contributed by atoms with Crippen molar-refractivity contribution in [2.75, 3.05) is 98.0 Å². The maximum atomic E-state index is 15.7. The highest BCUT2D eigenvalue weighted by molar-refractivity contribution is 5.99. The molecule has 0 spiro atoms. The molecule has 0 aromatic heterocycles. The smallest absolute Gasteiger partial charge is 0.324 e. The van der Waals surface area contributed by atoms with Gasteiger partial charge in [0, 0.05) is 70.0 Å². The Balaban J connectivity index is 3.02. The van der Waals surface area contributed by atoms with E-state index in [1.54, 1.807) is 64.0 Å². The summed E-state index contributed by atoms with van der Waals surface area (Å²) in [5, 5.41) is 8.51. The summed E-state index contributed by atoms with van der Waals surface area (Å²) in [5.74, 6) is -9.15. The van der Waals surface area contributed by atoms with E-state index < -0.39 is 156 Å². The summed E-state index contributed by atoms with van der Waals surface area (Å²) in [6.07, 6.45) is -0.842. The molecule has 91 heavy (non-hydrogen) atoms. The van der Waals surface area contributed by atoms with Crippen LogP contribution >= 0.6 is 0 Å². The first kappa shape index (κ1) is 80.2. The maximum absolute atomic E-state index is 15.7. The van der Waals surface area contributed by atoms with Crippen molar-refractivity contribution in [1.29, 1.82) is 0 Å². The molecule has 10 amide bonds. The van der Waals surface area contributed by atoms with Crippen molar-refractivity contribution in [3.8, 4) is 5.75 Å². The first-order valence-electron chi connectivity index (χ1n) is 31.5. The Kier molecular flexibility index (Phi) is 32.0. The van der Waals surface area contributed by atoms with Crippen molar-refractivity contribution in [2.24, 2.45) is 29.6 Å². The van der Waals surface area contributed by atoms with E-state index in [-0.39, 0.29) is 43.6 Å². The summed E-state index contributed by atoms with van der Waals surface area (Å²) >= 11 is 0. The SMILES string of the molecule is CC[C@H](C)[C@H]1C(=O)N[C@@H](C)C(=O)N(C)[C@@H](CC(C)C)C(=O)N[C@@H](Cc2ccc(OC)cc2)C(=O)N(C)[C@H](C)C(=O)N[C@H](C)[C@H](N(C)C(=O)[C@H](CC(C)C)N(C)C(=O)[C@H](COC)N(C)C(=O)[C@H](OC(=O)[C@H](C(C)C)N(C)C)C(C)C)C(=O)N(C)[C@@H](COC)C(=O)N1C. The van der Waals surface area contributed by atoms with Crippen LogP contribution < -0.4 is 20.7 Å². The molecular weight excluding hydrogens is 1170 g/mol. The fourth-order valence-corrected chi connectivity index (χ4v) is 11.4. The van der Waals surface area contributed by atoms with E-state index in [4.69, 9.17) is 18.9 Å². The summed E-state index contributed by atoms with van der Waals surface area (Å²) in [7, 11) is 17.2. The van der Waals surface area contributed by atoms with E-state index in [2.05, 4.69) is 16.0 Å². The molecule has 1 aromatic carbocycles. The fourth-order valence-electron chi connectivity index (χ4n) is 11.4. The molecular formula is C65H111N11O15. The first-order valence-corrected chi connectivity index (χ1v) is 31.5. The highest BCUT2D eigenvalue weighted by atomic mass is 16.6. The second-order valence-corrected chi connectivity index (χ2v) is 26.2. The summed E-state index contributed by atoms with van der Waals surface area (Å²) in [4.78, 5) is 173. The predicted molar refractivity (Wildman–Crippen MR) is 345 cm³/mol. The fraction of sp³-hybridized carbons (Fsp3) is 0.738. The van der Waals surface area contributed by atoms with E-state index in [0.717, 1.165) is 19.6 Å². The Bertz CT molecular complexity index is 2630. The van der Waals surface area contributed by atoms with Gasteiger partial charge < -0.3 is 69.2 Å². The lowest BCUT2D eigenvalue weighted by Crippen LogP contribution is -2.66. The summed E-state index contributed by atoms with van der Waals surface area (Å²) in [6.45, 7) is 21.7. The van der Waals surface area contributed by atoms with Crippen LogP contribution in [0.1, 0.15) is 115 Å². The zero-order valence-corrected chi connectivity index (χ0v) is 59.1. The topological polar surface area (TPSA) is 287 Å². The highest BCUT2D eigenvalue weighted by Gasteiger charge is 2.47. The van der Waals surface area contributed by atoms with Gasteiger partial charge in [-0.05, 0) is 95.0 Å². The third-order valence-electron chi connectivity index (χ3n) is 17.3. The molecule has 1 heterocycles. The van der Waals surface area contributed by atoms with Gasteiger partial charge in [-0.1, -0.05) is 87.8 Å². The summed E-state index contributed by atoms with van der Waals surface area (Å²) in [6, 6.07) is -7.34. The van der Waals surface area contributed by atoms with Crippen LogP contribution in [0, 0.1) is 29.6 Å². The number of rotatable bonds is 24. The molecule has 3 N–H and O–H groups in total. The van der Waals surface area contributed by atoms with Gasteiger partial charge in [-0.25, -0.2) is 0 Å². The van der Waals surface area contributed by atoms with Gasteiger partial charge in [0.1, 0.15) is 66.2 Å². The molecule has 1 aliphatic rings. The number of likely N-dealkylation sites (N-methyl/N-ethyl adjacent to an activating group) is 8. The van der Waals surface area contributed by atoms with Gasteiger partial charge in [0.05, 0.1) is 26.4 Å². The Morgan fingerprint density at radius 1 is 0.593 bits per heavy atom. The third-order valence-corrected chi connectivity index (χ3v) is 17.3. The number of nitrogens with zero attached hydrogens (tertiary/aromatic N) is 8. The van der Waals surface area contributed by atoms with Crippen LogP contribution in [0.4, 0.5) is 0 Å². The lowest BCUT2D eigenvalue weighted by atomic mass is 9.95. The molecule has 26 nitrogen and oxygen atoms in total. The van der Waals surface area contributed by atoms with E-state index in [1.807, 2.05) is 48.5 Å². The van der Waals surface area contributed by atoms with Crippen LogP contribution in [0.25, 0.3) is 0 Å². The maximum Gasteiger partial charge on any atom is 0.324 e. The average molecular weight is 1290 g/mol. The predicted octanol–water partition coefficient (Wildman–Crippen LogP) is 2.14. The number of carbonyl (C=O) groups excluding carboxylic acids is 11. The number of ether oxygens (including phenoxy) is 4. The molecule has 516 valence electrons. The molecule has 0 bridgehead atoms. The number of nitrogens with one attached hydrogen (secondary N) is 3. The Labute approximate surface area is 541 Å². The number of hydrogen-bond acceptors (Lipinski definition) is 16. The van der Waals surface area contributed by atoms with Crippen LogP contribution in [0.5, 0.6) is 5.75 Å². The molecule has 1 fully saturated rings. The van der Waals surface area contributed by atoms with Gasteiger partial charge in [0.25, 0.3) is 5.91 Å². The average Bonchev–Trinajstić information content (AvgIpc) is 0.922. The number of esters is 1. The van der Waals surface area contributed by atoms with E-state index in [9.17, 15) is 33.6 Å². The normalized spacial score (nSPS) is 23.3. The molecule has 2 rings (SSSR count). The molecule has 26 heteroatoms. The van der Waals surface area contributed by atoms with Crippen LogP contribution in [0.15, 0.2) is 24.3 Å². The van der Waals surface area contributed by atoms with Crippen molar-refractivity contribution in [2.45, 2.75) is 188 Å². The Hall–Kier alpha value is -6.93. The number of hydrogen-bond donors (Lipinski definition) is 3. The van der Waals surface area contributed by atoms with E-state index in [0.29, 0.717) is 17.7 Å². The van der Waals surface area contributed by atoms with E-state index >= 15 is 19.2 Å². The molecule has 0 aliphatic carbocycles. The van der Waals surface area contributed by atoms with Gasteiger partial charge in [-0.3, -0.25) is 57.6 Å². The lowest BCUT2D eigenvalue weighted by Gasteiger charge is -2.42. The number of carbonyl (C=O) groups is 11. The van der Waals surface area contributed by atoms with Gasteiger partial charge in [0.15, 0.2) is 6.10 Å². The van der Waals surface area contributed by atoms with Crippen molar-refractivity contribution < 1.29 is 71.7 Å². The number of methoxy groups -OCH3 is 3. The summed E-state index contributed by atoms with van der Waals surface area (Å²) < 4.78 is 22.4. The molecule has 1 saturated heterocycles. The molecule has 0 saturated carbocycles. The van der Waals surface area contributed by atoms with Gasteiger partial charge >= 0.3 is 5.97 Å². The second-order valence-electron chi connectivity index (χ2n) is 26.2. The summed E-state index contributed by atoms with van der Waals surface area (Å²) in [5.41, 5.74) is 0.612. The van der Waals surface area contributed by atoms with Gasteiger partial charge in [-0.2, -0.15) is 0 Å². The van der Waals surface area contributed by atoms with Crippen molar-refractivity contribution in [3.05, 3.63) is 29.8 Å². The monoisotopic (exact) mass is 1290 g/mol. The van der Waals surface area contributed by atoms with Gasteiger partial charge in [0.2, 0.25) is 53.2 Å². The van der Waals surface area contributed by atoms with Crippen molar-refractivity contribution >= 4 is 65.0 Å². The number of amides is 10. The second kappa shape index (κ2) is 36.3. The largest absolute Gasteiger partial charge is 0.497 e. The van der Waals surface area contributed by atoms with Crippen LogP contribution in [0.3, 0.4) is 0 Å². The first-order chi connectivity index (χ1) is 42.3. The van der Waals surface area contributed by atoms with Gasteiger partial charge in [-0.15, -0.1) is 0 Å². The Morgan fingerprint density at radius 2 is 1.15 bits per heavy atom. The lowest BCUT2D eigenvalue weighted by molar-refractivity contribution is -0.170. The minimum atomic E-state index is -1.68. The van der Waals surface area contributed by atoms with Crippen molar-refractivity contribution in [3.63, 3.8) is 0 Å². The molecule has 0 radical (unpaired) electrons. The third kappa shape index (κ3) is 21.0. The highest BCUT2D eigenvalue weighted by Crippen LogP contribution is 2.25. The van der Waals surface area contributed by atoms with Crippen LogP contribution in [0.2, 0.25) is 0 Å². The quantitative estimate of drug-likeness (QED) is 0.125. The Morgan fingerprint density at radius 3 is 1.64 bits per heavy atom. The minimum absolute atomic E-state index is 0.0131. The zero-order chi connectivity index (χ0) is 70.0. The molecule has 1 aromatic rings. The molecule has 13 atom stereocenters. The standard InChI is InChI=1S/C65H111N11O15/c1-26-40(10)52-57(79)67-42(12)58(80)71(17)47(31-36(2)3)56(78)68-46(33-44-27-29-45(90-25)30-28-44)59(81)70(16)43(13)55(77)66-41(11)53(63(85)73(19)50(35-89-24)62(84)75(52)21)76(22)60(82)48(32-37(4)5)72(18)61(83)49(34-88-23)74(20)64(86)54(39(8)9)91-65(87)51(38(6)7)69(14)15/h27-30,36-43,46-54H,26,31-35H2,1-25H3,(H,66,77)(H,67,79)(H,68,78)/t40-,41+,42-,43+,46-,47-,48-,49-,50-,51-,52-,53-,54+/m0/s1. The van der Waals surface area contributed by atoms with Crippen molar-refractivity contribution in [1.82, 2.24) is 55.1 Å². The van der Waals surface area contributed by atoms with Crippen LogP contribution in [-0.4, -0.2) is 275 Å². The van der Waals surface area contributed by atoms with E-state index in [1.165, 1.54) is 106 Å². The molecule has 1 aliphatic heterocycles. The van der Waals surface area contributed by atoms with Crippen LogP contribution in [-0.2, 0) is 73.4 Å².